The summed E-state index contributed by atoms with van der Waals surface area (Å²) in [5.41, 5.74) is 1.97. The molecule has 2 aromatic rings. The van der Waals surface area contributed by atoms with E-state index in [4.69, 9.17) is 18.6 Å². The van der Waals surface area contributed by atoms with Gasteiger partial charge < -0.3 is 29.1 Å². The maximum absolute atomic E-state index is 13.9. The van der Waals surface area contributed by atoms with Crippen LogP contribution in [0.15, 0.2) is 54.6 Å². The Kier molecular flexibility index (Phi) is 15.4. The molecule has 46 heavy (non-hydrogen) atoms. The molecule has 0 saturated carbocycles. The molecule has 0 aliphatic heterocycles. The number of hydrogen-bond acceptors (Lipinski definition) is 6. The zero-order chi connectivity index (χ0) is 34.7. The average Bonchev–Trinajstić information content (AvgIpc) is 2.95. The van der Waals surface area contributed by atoms with E-state index in [9.17, 15) is 19.1 Å². The van der Waals surface area contributed by atoms with Crippen molar-refractivity contribution in [3.05, 3.63) is 71.5 Å². The van der Waals surface area contributed by atoms with E-state index in [2.05, 4.69) is 46.9 Å². The fourth-order valence-corrected chi connectivity index (χ4v) is 11.8. The third-order valence-corrected chi connectivity index (χ3v) is 14.4. The maximum Gasteiger partial charge on any atom is 0.408 e. The molecule has 0 aliphatic rings. The largest absolute Gasteiger partial charge is 0.480 e. The Hall–Kier alpha value is -2.79. The van der Waals surface area contributed by atoms with E-state index in [1.54, 1.807) is 32.9 Å². The highest BCUT2D eigenvalue weighted by atomic mass is 28.4. The summed E-state index contributed by atoms with van der Waals surface area (Å²) < 4.78 is 39.5. The lowest BCUT2D eigenvalue weighted by atomic mass is 10.0. The van der Waals surface area contributed by atoms with Gasteiger partial charge in [0, 0.05) is 19.4 Å². The Bertz CT molecular complexity index is 1180. The van der Waals surface area contributed by atoms with Gasteiger partial charge in [0.25, 0.3) is 0 Å². The first-order chi connectivity index (χ1) is 21.5. The van der Waals surface area contributed by atoms with Gasteiger partial charge >= 0.3 is 12.1 Å². The topological polar surface area (TPSA) is 103 Å². The summed E-state index contributed by atoms with van der Waals surface area (Å²) in [4.78, 5) is 24.4. The number of carboxylic acid groups (broad SMARTS) is 1. The molecule has 258 valence electrons. The van der Waals surface area contributed by atoms with E-state index in [1.165, 1.54) is 12.1 Å². The minimum atomic E-state index is -2.46. The molecule has 0 aliphatic carbocycles. The van der Waals surface area contributed by atoms with Crippen molar-refractivity contribution < 1.29 is 37.7 Å². The molecule has 0 aromatic heterocycles. The fourth-order valence-electron chi connectivity index (χ4n) is 6.18. The SMILES string of the molecule is CC(OCc1ccccc1)C(O[Si](C(C)C)(C(C)C)C(C)C)C(Cc1ccc(F)cc1)OCCC(NC(=O)OC(C)(C)C)C(=O)O. The van der Waals surface area contributed by atoms with Crippen LogP contribution >= 0.6 is 0 Å². The van der Waals surface area contributed by atoms with Crippen molar-refractivity contribution in [2.45, 2.75) is 135 Å². The van der Waals surface area contributed by atoms with Crippen molar-refractivity contribution in [1.29, 1.82) is 0 Å². The molecule has 0 saturated heterocycles. The van der Waals surface area contributed by atoms with Crippen LogP contribution < -0.4 is 5.32 Å². The smallest absolute Gasteiger partial charge is 0.408 e. The van der Waals surface area contributed by atoms with Gasteiger partial charge in [0.1, 0.15) is 17.5 Å². The lowest BCUT2D eigenvalue weighted by Gasteiger charge is -2.47. The number of aliphatic carboxylic acids is 1. The van der Waals surface area contributed by atoms with E-state index >= 15 is 0 Å². The zero-order valence-electron chi connectivity index (χ0n) is 29.3. The monoisotopic (exact) mass is 661 g/mol. The summed E-state index contributed by atoms with van der Waals surface area (Å²) in [5.74, 6) is -1.53. The molecule has 4 unspecified atom stereocenters. The van der Waals surface area contributed by atoms with Gasteiger partial charge in [-0.2, -0.15) is 0 Å². The second-order valence-electron chi connectivity index (χ2n) is 14.0. The van der Waals surface area contributed by atoms with Gasteiger partial charge in [-0.1, -0.05) is 84.0 Å². The molecule has 0 heterocycles. The number of amides is 1. The summed E-state index contributed by atoms with van der Waals surface area (Å²) in [6, 6.07) is 15.0. The number of carbonyl (C=O) groups is 2. The summed E-state index contributed by atoms with van der Waals surface area (Å²) in [6.07, 6.45) is -1.90. The first-order valence-corrected chi connectivity index (χ1v) is 18.5. The van der Waals surface area contributed by atoms with Crippen LogP contribution in [0.25, 0.3) is 0 Å². The van der Waals surface area contributed by atoms with Gasteiger partial charge in [-0.25, -0.2) is 14.0 Å². The van der Waals surface area contributed by atoms with Crippen LogP contribution in [-0.2, 0) is 36.5 Å². The van der Waals surface area contributed by atoms with Crippen LogP contribution in [0.1, 0.15) is 86.8 Å². The van der Waals surface area contributed by atoms with Gasteiger partial charge in [-0.3, -0.25) is 0 Å². The van der Waals surface area contributed by atoms with Gasteiger partial charge in [-0.05, 0) is 67.6 Å². The van der Waals surface area contributed by atoms with E-state index in [0.717, 1.165) is 11.1 Å². The van der Waals surface area contributed by atoms with E-state index in [0.29, 0.717) is 13.0 Å². The van der Waals surface area contributed by atoms with Gasteiger partial charge in [0.2, 0.25) is 8.32 Å². The maximum atomic E-state index is 13.9. The Morgan fingerprint density at radius 1 is 0.848 bits per heavy atom. The molecule has 4 atom stereocenters. The van der Waals surface area contributed by atoms with Crippen molar-refractivity contribution in [3.8, 4) is 0 Å². The number of ether oxygens (including phenoxy) is 3. The van der Waals surface area contributed by atoms with Crippen LogP contribution in [0, 0.1) is 5.82 Å². The number of alkyl carbamates (subject to hydrolysis) is 1. The molecule has 0 bridgehead atoms. The molecule has 0 fully saturated rings. The normalized spacial score (nSPS) is 15.1. The van der Waals surface area contributed by atoms with E-state index < -0.39 is 50.3 Å². The molecule has 2 aromatic carbocycles. The van der Waals surface area contributed by atoms with Crippen LogP contribution in [0.2, 0.25) is 16.6 Å². The molecule has 10 heteroatoms. The van der Waals surface area contributed by atoms with E-state index in [-0.39, 0.29) is 35.5 Å². The number of hydrogen-bond donors (Lipinski definition) is 2. The Labute approximate surface area is 276 Å². The summed E-state index contributed by atoms with van der Waals surface area (Å²) in [5, 5.41) is 12.3. The standard InChI is InChI=1S/C36H56FNO7Si/c1-24(2)46(25(3)4,26(5)6)45-33(27(7)43-23-29-14-12-11-13-15-29)32(22-28-16-18-30(37)19-17-28)42-21-20-31(34(39)40)38-35(41)44-36(8,9)10/h11-19,24-27,31-33H,20-23H2,1-10H3,(H,38,41)(H,39,40). The molecule has 0 spiro atoms. The summed E-state index contributed by atoms with van der Waals surface area (Å²) in [6.45, 7) is 20.8. The zero-order valence-corrected chi connectivity index (χ0v) is 30.3. The third-order valence-electron chi connectivity index (χ3n) is 8.31. The number of rotatable bonds is 18. The molecule has 0 radical (unpaired) electrons. The van der Waals surface area contributed by atoms with Gasteiger partial charge in [0.15, 0.2) is 0 Å². The Morgan fingerprint density at radius 3 is 1.91 bits per heavy atom. The number of benzene rings is 2. The lowest BCUT2D eigenvalue weighted by molar-refractivity contribution is -0.141. The van der Waals surface area contributed by atoms with Crippen molar-refractivity contribution >= 4 is 20.4 Å². The fraction of sp³-hybridized carbons (Fsp3) is 0.611. The quantitative estimate of drug-likeness (QED) is 0.155. The van der Waals surface area contributed by atoms with Crippen LogP contribution in [-0.4, -0.2) is 62.0 Å². The lowest BCUT2D eigenvalue weighted by Crippen LogP contribution is -2.56. The molecule has 2 rings (SSSR count). The predicted molar refractivity (Wildman–Crippen MR) is 182 cm³/mol. The van der Waals surface area contributed by atoms with Gasteiger partial charge in [0.05, 0.1) is 24.9 Å². The minimum absolute atomic E-state index is 0.00157. The van der Waals surface area contributed by atoms with Crippen molar-refractivity contribution in [2.24, 2.45) is 0 Å². The predicted octanol–water partition coefficient (Wildman–Crippen LogP) is 8.29. The minimum Gasteiger partial charge on any atom is -0.480 e. The third kappa shape index (κ3) is 12.1. The summed E-state index contributed by atoms with van der Waals surface area (Å²) in [7, 11) is -2.46. The highest BCUT2D eigenvalue weighted by Gasteiger charge is 2.49. The van der Waals surface area contributed by atoms with Gasteiger partial charge in [-0.15, -0.1) is 0 Å². The van der Waals surface area contributed by atoms with Crippen molar-refractivity contribution in [1.82, 2.24) is 5.32 Å². The number of carboxylic acids is 1. The first kappa shape index (κ1) is 39.4. The van der Waals surface area contributed by atoms with Crippen LogP contribution in [0.5, 0.6) is 0 Å². The first-order valence-electron chi connectivity index (χ1n) is 16.4. The van der Waals surface area contributed by atoms with Crippen LogP contribution in [0.4, 0.5) is 9.18 Å². The molecular weight excluding hydrogens is 605 g/mol. The number of halogens is 1. The number of nitrogens with one attached hydrogen (secondary N) is 1. The molecule has 1 amide bonds. The molecular formula is C36H56FNO7Si. The van der Waals surface area contributed by atoms with Crippen molar-refractivity contribution in [2.75, 3.05) is 6.61 Å². The van der Waals surface area contributed by atoms with Crippen molar-refractivity contribution in [3.63, 3.8) is 0 Å². The second-order valence-corrected chi connectivity index (χ2v) is 19.4. The summed E-state index contributed by atoms with van der Waals surface area (Å²) >= 11 is 0. The second kappa shape index (κ2) is 17.9. The highest BCUT2D eigenvalue weighted by molar-refractivity contribution is 6.77. The molecule has 8 nitrogen and oxygen atoms in total. The van der Waals surface area contributed by atoms with Crippen LogP contribution in [0.3, 0.4) is 0 Å². The number of carbonyl (C=O) groups excluding carboxylic acids is 1. The Balaban J connectivity index is 2.46. The van der Waals surface area contributed by atoms with E-state index in [1.807, 2.05) is 37.3 Å². The molecule has 2 N–H and O–H groups in total. The average molecular weight is 662 g/mol. The Morgan fingerprint density at radius 2 is 1.41 bits per heavy atom. The highest BCUT2D eigenvalue weighted by Crippen LogP contribution is 2.44.